The van der Waals surface area contributed by atoms with E-state index >= 15 is 0 Å². The van der Waals surface area contributed by atoms with E-state index in [0.29, 0.717) is 5.69 Å². The highest BCUT2D eigenvalue weighted by Crippen LogP contribution is 1.97. The lowest BCUT2D eigenvalue weighted by Gasteiger charge is -1.94. The second-order valence-electron chi connectivity index (χ2n) is 2.81. The van der Waals surface area contributed by atoms with Crippen molar-refractivity contribution < 1.29 is 0 Å². The number of tetrazole rings is 1. The SMILES string of the molecule is C/C=C\n1nnn(-c2cccnc2)c1=O. The van der Waals surface area contributed by atoms with E-state index in [2.05, 4.69) is 15.4 Å². The first-order chi connectivity index (χ1) is 7.33. The summed E-state index contributed by atoms with van der Waals surface area (Å²) in [7, 11) is 0. The van der Waals surface area contributed by atoms with Gasteiger partial charge in [-0.25, -0.2) is 4.79 Å². The summed E-state index contributed by atoms with van der Waals surface area (Å²) in [6.45, 7) is 1.80. The van der Waals surface area contributed by atoms with Gasteiger partial charge in [-0.1, -0.05) is 6.08 Å². The lowest BCUT2D eigenvalue weighted by molar-refractivity contribution is 0.765. The van der Waals surface area contributed by atoms with Crippen molar-refractivity contribution >= 4 is 6.20 Å². The van der Waals surface area contributed by atoms with Gasteiger partial charge in [0.2, 0.25) is 0 Å². The number of pyridine rings is 1. The third kappa shape index (κ3) is 1.69. The molecule has 0 atom stereocenters. The molecule has 15 heavy (non-hydrogen) atoms. The molecule has 0 aliphatic heterocycles. The van der Waals surface area contributed by atoms with Gasteiger partial charge in [-0.3, -0.25) is 4.98 Å². The fourth-order valence-corrected chi connectivity index (χ4v) is 1.13. The molecule has 2 heterocycles. The van der Waals surface area contributed by atoms with Crippen molar-refractivity contribution in [3.63, 3.8) is 0 Å². The van der Waals surface area contributed by atoms with Crippen molar-refractivity contribution in [2.75, 3.05) is 0 Å². The van der Waals surface area contributed by atoms with Crippen LogP contribution >= 0.6 is 0 Å². The van der Waals surface area contributed by atoms with E-state index in [4.69, 9.17) is 0 Å². The van der Waals surface area contributed by atoms with E-state index < -0.39 is 0 Å². The van der Waals surface area contributed by atoms with Gasteiger partial charge in [0.05, 0.1) is 11.9 Å². The van der Waals surface area contributed by atoms with Crippen LogP contribution in [0.2, 0.25) is 0 Å². The van der Waals surface area contributed by atoms with Gasteiger partial charge in [0.1, 0.15) is 0 Å². The third-order valence-electron chi connectivity index (χ3n) is 1.78. The molecule has 0 aromatic carbocycles. The van der Waals surface area contributed by atoms with Gasteiger partial charge in [0, 0.05) is 12.4 Å². The van der Waals surface area contributed by atoms with Gasteiger partial charge >= 0.3 is 5.69 Å². The van der Waals surface area contributed by atoms with Crippen LogP contribution < -0.4 is 5.69 Å². The van der Waals surface area contributed by atoms with Crippen LogP contribution in [0.3, 0.4) is 0 Å². The zero-order valence-electron chi connectivity index (χ0n) is 8.11. The number of hydrogen-bond acceptors (Lipinski definition) is 4. The molecule has 0 saturated carbocycles. The maximum atomic E-state index is 11.7. The number of allylic oxidation sites excluding steroid dienone is 1. The zero-order chi connectivity index (χ0) is 10.7. The van der Waals surface area contributed by atoms with Crippen molar-refractivity contribution in [2.45, 2.75) is 6.92 Å². The van der Waals surface area contributed by atoms with Crippen molar-refractivity contribution in [1.82, 2.24) is 24.8 Å². The molecule has 0 unspecified atom stereocenters. The first-order valence-electron chi connectivity index (χ1n) is 4.40. The molecule has 76 valence electrons. The molecule has 6 nitrogen and oxygen atoms in total. The molecule has 0 bridgehead atoms. The van der Waals surface area contributed by atoms with Gasteiger partial charge < -0.3 is 0 Å². The molecular formula is C9H9N5O. The molecule has 0 amide bonds. The maximum Gasteiger partial charge on any atom is 0.372 e. The molecule has 0 aliphatic rings. The Morgan fingerprint density at radius 3 is 2.93 bits per heavy atom. The Kier molecular flexibility index (Phi) is 2.40. The van der Waals surface area contributed by atoms with E-state index in [-0.39, 0.29) is 5.69 Å². The lowest BCUT2D eigenvalue weighted by Crippen LogP contribution is -2.21. The molecule has 0 spiro atoms. The van der Waals surface area contributed by atoms with Gasteiger partial charge in [0.25, 0.3) is 0 Å². The summed E-state index contributed by atoms with van der Waals surface area (Å²) in [6, 6.07) is 3.47. The Labute approximate surface area is 85.5 Å². The van der Waals surface area contributed by atoms with Crippen molar-refractivity contribution in [3.05, 3.63) is 41.1 Å². The van der Waals surface area contributed by atoms with Crippen LogP contribution in [0.1, 0.15) is 6.92 Å². The fourth-order valence-electron chi connectivity index (χ4n) is 1.13. The number of nitrogens with zero attached hydrogens (tertiary/aromatic N) is 5. The van der Waals surface area contributed by atoms with E-state index in [1.807, 2.05) is 0 Å². The summed E-state index contributed by atoms with van der Waals surface area (Å²) in [6.07, 6.45) is 6.44. The minimum absolute atomic E-state index is 0.318. The quantitative estimate of drug-likeness (QED) is 0.704. The molecular weight excluding hydrogens is 194 g/mol. The first-order valence-corrected chi connectivity index (χ1v) is 4.40. The molecule has 2 aromatic heterocycles. The average Bonchev–Trinajstić information content (AvgIpc) is 2.63. The van der Waals surface area contributed by atoms with E-state index in [1.165, 1.54) is 4.68 Å². The molecule has 0 radical (unpaired) electrons. The van der Waals surface area contributed by atoms with Gasteiger partial charge in [-0.2, -0.15) is 9.36 Å². The Bertz CT molecular complexity index is 525. The summed E-state index contributed by atoms with van der Waals surface area (Å²) in [4.78, 5) is 15.6. The van der Waals surface area contributed by atoms with Crippen LogP contribution in [0.15, 0.2) is 35.4 Å². The highest BCUT2D eigenvalue weighted by Gasteiger charge is 2.05. The standard InChI is InChI=1S/C9H9N5O/c1-2-6-13-9(15)14(12-11-13)8-4-3-5-10-7-8/h2-7H,1H3/b6-2-. The molecule has 0 fully saturated rings. The third-order valence-corrected chi connectivity index (χ3v) is 1.78. The summed E-state index contributed by atoms with van der Waals surface area (Å²) < 4.78 is 2.35. The molecule has 2 aromatic rings. The summed E-state index contributed by atoms with van der Waals surface area (Å²) in [5, 5.41) is 7.41. The monoisotopic (exact) mass is 203 g/mol. The Morgan fingerprint density at radius 1 is 1.40 bits per heavy atom. The normalized spacial score (nSPS) is 11.0. The van der Waals surface area contributed by atoms with Crippen LogP contribution in [-0.4, -0.2) is 24.8 Å². The van der Waals surface area contributed by atoms with E-state index in [1.54, 1.807) is 43.7 Å². The van der Waals surface area contributed by atoms with Gasteiger partial charge in [-0.05, 0) is 29.5 Å². The minimum atomic E-state index is -0.318. The van der Waals surface area contributed by atoms with Crippen LogP contribution in [0.4, 0.5) is 0 Å². The summed E-state index contributed by atoms with van der Waals surface area (Å²) in [5.74, 6) is 0. The van der Waals surface area contributed by atoms with Gasteiger partial charge in [0.15, 0.2) is 0 Å². The van der Waals surface area contributed by atoms with Crippen LogP contribution in [-0.2, 0) is 0 Å². The Hall–Kier alpha value is -2.24. The molecule has 0 aliphatic carbocycles. The number of hydrogen-bond donors (Lipinski definition) is 0. The van der Waals surface area contributed by atoms with Crippen molar-refractivity contribution in [2.24, 2.45) is 0 Å². The summed E-state index contributed by atoms with van der Waals surface area (Å²) >= 11 is 0. The number of aromatic nitrogens is 5. The topological polar surface area (TPSA) is 65.6 Å². The first kappa shape index (κ1) is 9.32. The summed E-state index contributed by atoms with van der Waals surface area (Å²) in [5.41, 5.74) is 0.277. The molecule has 6 heteroatoms. The second kappa shape index (κ2) is 3.87. The Morgan fingerprint density at radius 2 is 2.27 bits per heavy atom. The Balaban J connectivity index is 2.52. The molecule has 2 rings (SSSR count). The minimum Gasteiger partial charge on any atom is -0.262 e. The second-order valence-corrected chi connectivity index (χ2v) is 2.81. The highest BCUT2D eigenvalue weighted by molar-refractivity contribution is 5.26. The predicted molar refractivity (Wildman–Crippen MR) is 54.4 cm³/mol. The molecule has 0 saturated heterocycles. The maximum absolute atomic E-state index is 11.7. The van der Waals surface area contributed by atoms with Crippen LogP contribution in [0, 0.1) is 0 Å². The smallest absolute Gasteiger partial charge is 0.262 e. The van der Waals surface area contributed by atoms with E-state index in [9.17, 15) is 4.79 Å². The van der Waals surface area contributed by atoms with Crippen LogP contribution in [0.25, 0.3) is 11.9 Å². The largest absolute Gasteiger partial charge is 0.372 e. The van der Waals surface area contributed by atoms with Crippen LogP contribution in [0.5, 0.6) is 0 Å². The number of rotatable bonds is 2. The van der Waals surface area contributed by atoms with Crippen molar-refractivity contribution in [1.29, 1.82) is 0 Å². The van der Waals surface area contributed by atoms with Crippen molar-refractivity contribution in [3.8, 4) is 5.69 Å². The average molecular weight is 203 g/mol. The zero-order valence-corrected chi connectivity index (χ0v) is 8.11. The highest BCUT2D eigenvalue weighted by atomic mass is 16.2. The molecule has 0 N–H and O–H groups in total. The fraction of sp³-hybridized carbons (Fsp3) is 0.111. The lowest BCUT2D eigenvalue weighted by atomic mass is 10.4. The van der Waals surface area contributed by atoms with Gasteiger partial charge in [-0.15, -0.1) is 0 Å². The van der Waals surface area contributed by atoms with E-state index in [0.717, 1.165) is 4.68 Å². The predicted octanol–water partition coefficient (Wildman–Crippen LogP) is 0.315.